The molecule has 0 radical (unpaired) electrons. The van der Waals surface area contributed by atoms with Crippen molar-refractivity contribution in [3.8, 4) is 11.8 Å². The fraction of sp³-hybridized carbons (Fsp3) is 0.800. The van der Waals surface area contributed by atoms with Crippen LogP contribution in [-0.2, 0) is 0 Å². The standard InChI is InChI=1S/C10H18O/c1-3-5-7-9-10(11)8-6-4-2/h10-11H,3,5,7-9H2,1-2H3. The number of aliphatic hydroxyl groups excluding tert-OH is 1. The molecule has 0 saturated heterocycles. The average molecular weight is 154 g/mol. The molecule has 64 valence electrons. The third-order valence-corrected chi connectivity index (χ3v) is 1.66. The van der Waals surface area contributed by atoms with Gasteiger partial charge in [0.25, 0.3) is 0 Å². The highest BCUT2D eigenvalue weighted by Gasteiger charge is 1.99. The summed E-state index contributed by atoms with van der Waals surface area (Å²) >= 11 is 0. The Labute approximate surface area is 69.8 Å². The summed E-state index contributed by atoms with van der Waals surface area (Å²) in [4.78, 5) is 0. The van der Waals surface area contributed by atoms with Gasteiger partial charge < -0.3 is 5.11 Å². The number of hydrogen-bond acceptors (Lipinski definition) is 1. The largest absolute Gasteiger partial charge is 0.392 e. The van der Waals surface area contributed by atoms with Crippen molar-refractivity contribution in [3.05, 3.63) is 0 Å². The first kappa shape index (κ1) is 10.5. The molecule has 1 heteroatoms. The highest BCUT2D eigenvalue weighted by atomic mass is 16.3. The van der Waals surface area contributed by atoms with Crippen molar-refractivity contribution >= 4 is 0 Å². The van der Waals surface area contributed by atoms with Gasteiger partial charge in [0.1, 0.15) is 0 Å². The van der Waals surface area contributed by atoms with Gasteiger partial charge in [-0.05, 0) is 13.3 Å². The number of aliphatic hydroxyl groups is 1. The summed E-state index contributed by atoms with van der Waals surface area (Å²) in [7, 11) is 0. The smallest absolute Gasteiger partial charge is 0.0649 e. The van der Waals surface area contributed by atoms with E-state index in [2.05, 4.69) is 18.8 Å². The minimum absolute atomic E-state index is 0.200. The van der Waals surface area contributed by atoms with E-state index in [0.717, 1.165) is 12.8 Å². The second kappa shape index (κ2) is 7.63. The van der Waals surface area contributed by atoms with E-state index in [0.29, 0.717) is 6.42 Å². The Hall–Kier alpha value is -0.480. The quantitative estimate of drug-likeness (QED) is 0.476. The van der Waals surface area contributed by atoms with Crippen LogP contribution < -0.4 is 0 Å². The van der Waals surface area contributed by atoms with Crippen LogP contribution in [0.15, 0.2) is 0 Å². The van der Waals surface area contributed by atoms with Gasteiger partial charge in [-0.15, -0.1) is 11.8 Å². The Bertz CT molecular complexity index is 130. The van der Waals surface area contributed by atoms with Crippen molar-refractivity contribution in [1.82, 2.24) is 0 Å². The van der Waals surface area contributed by atoms with E-state index < -0.39 is 0 Å². The van der Waals surface area contributed by atoms with Gasteiger partial charge in [0.15, 0.2) is 0 Å². The van der Waals surface area contributed by atoms with Crippen LogP contribution in [0.5, 0.6) is 0 Å². The van der Waals surface area contributed by atoms with E-state index >= 15 is 0 Å². The molecule has 0 aromatic carbocycles. The molecular formula is C10H18O. The Morgan fingerprint density at radius 2 is 2.09 bits per heavy atom. The van der Waals surface area contributed by atoms with E-state index in [4.69, 9.17) is 0 Å². The highest BCUT2D eigenvalue weighted by molar-refractivity contribution is 4.96. The zero-order valence-electron chi connectivity index (χ0n) is 7.56. The minimum atomic E-state index is -0.200. The van der Waals surface area contributed by atoms with Crippen molar-refractivity contribution in [2.24, 2.45) is 0 Å². The van der Waals surface area contributed by atoms with Crippen molar-refractivity contribution in [3.63, 3.8) is 0 Å². The maximum Gasteiger partial charge on any atom is 0.0649 e. The Kier molecular flexibility index (Phi) is 7.29. The Balaban J connectivity index is 3.19. The first-order valence-corrected chi connectivity index (χ1v) is 4.39. The van der Waals surface area contributed by atoms with Crippen LogP contribution in [0.4, 0.5) is 0 Å². The lowest BCUT2D eigenvalue weighted by Gasteiger charge is -2.04. The molecule has 0 aliphatic heterocycles. The van der Waals surface area contributed by atoms with Crippen molar-refractivity contribution in [2.45, 2.75) is 52.1 Å². The molecule has 1 nitrogen and oxygen atoms in total. The van der Waals surface area contributed by atoms with Gasteiger partial charge in [-0.1, -0.05) is 26.2 Å². The van der Waals surface area contributed by atoms with E-state index in [9.17, 15) is 5.11 Å². The molecule has 11 heavy (non-hydrogen) atoms. The van der Waals surface area contributed by atoms with Gasteiger partial charge in [-0.25, -0.2) is 0 Å². The summed E-state index contributed by atoms with van der Waals surface area (Å²) in [6.07, 6.45) is 4.91. The second-order valence-corrected chi connectivity index (χ2v) is 2.78. The van der Waals surface area contributed by atoms with Crippen molar-refractivity contribution < 1.29 is 5.11 Å². The first-order valence-electron chi connectivity index (χ1n) is 4.39. The molecule has 1 N–H and O–H groups in total. The van der Waals surface area contributed by atoms with E-state index in [1.54, 1.807) is 6.92 Å². The molecule has 0 rings (SSSR count). The lowest BCUT2D eigenvalue weighted by molar-refractivity contribution is 0.166. The maximum absolute atomic E-state index is 9.30. The molecule has 1 atom stereocenters. The lowest BCUT2D eigenvalue weighted by atomic mass is 10.1. The van der Waals surface area contributed by atoms with Gasteiger partial charge in [0.05, 0.1) is 6.10 Å². The van der Waals surface area contributed by atoms with Crippen LogP contribution in [-0.4, -0.2) is 11.2 Å². The van der Waals surface area contributed by atoms with Crippen LogP contribution in [0.1, 0.15) is 46.0 Å². The van der Waals surface area contributed by atoms with E-state index in [-0.39, 0.29) is 6.10 Å². The molecule has 0 aromatic rings. The summed E-state index contributed by atoms with van der Waals surface area (Å²) in [6, 6.07) is 0. The van der Waals surface area contributed by atoms with Crippen molar-refractivity contribution in [2.75, 3.05) is 0 Å². The van der Waals surface area contributed by atoms with Gasteiger partial charge in [0, 0.05) is 6.42 Å². The monoisotopic (exact) mass is 154 g/mol. The zero-order chi connectivity index (χ0) is 8.53. The lowest BCUT2D eigenvalue weighted by Crippen LogP contribution is -2.04. The van der Waals surface area contributed by atoms with Crippen LogP contribution in [0.2, 0.25) is 0 Å². The third-order valence-electron chi connectivity index (χ3n) is 1.66. The van der Waals surface area contributed by atoms with Crippen LogP contribution in [0.25, 0.3) is 0 Å². The SMILES string of the molecule is CC#CCC(O)CCCCC. The molecule has 1 unspecified atom stereocenters. The first-order chi connectivity index (χ1) is 5.31. The number of rotatable bonds is 5. The number of unbranched alkanes of at least 4 members (excludes halogenated alkanes) is 2. The summed E-state index contributed by atoms with van der Waals surface area (Å²) in [5, 5.41) is 9.30. The minimum Gasteiger partial charge on any atom is -0.392 e. The van der Waals surface area contributed by atoms with Crippen molar-refractivity contribution in [1.29, 1.82) is 0 Å². The summed E-state index contributed by atoms with van der Waals surface area (Å²) < 4.78 is 0. The molecule has 0 aliphatic rings. The molecule has 0 spiro atoms. The van der Waals surface area contributed by atoms with Gasteiger partial charge >= 0.3 is 0 Å². The van der Waals surface area contributed by atoms with E-state index in [1.165, 1.54) is 12.8 Å². The van der Waals surface area contributed by atoms with Crippen LogP contribution in [0, 0.1) is 11.8 Å². The molecule has 0 aliphatic carbocycles. The predicted molar refractivity (Wildman–Crippen MR) is 48.2 cm³/mol. The Morgan fingerprint density at radius 1 is 1.36 bits per heavy atom. The maximum atomic E-state index is 9.30. The summed E-state index contributed by atoms with van der Waals surface area (Å²) in [6.45, 7) is 3.97. The fourth-order valence-electron chi connectivity index (χ4n) is 0.952. The Morgan fingerprint density at radius 3 is 2.64 bits per heavy atom. The molecule has 0 amide bonds. The van der Waals surface area contributed by atoms with Gasteiger partial charge in [-0.2, -0.15) is 0 Å². The predicted octanol–water partition coefficient (Wildman–Crippen LogP) is 2.34. The summed E-state index contributed by atoms with van der Waals surface area (Å²) in [5.41, 5.74) is 0. The molecular weight excluding hydrogens is 136 g/mol. The molecule has 0 aromatic heterocycles. The van der Waals surface area contributed by atoms with Crippen LogP contribution in [0.3, 0.4) is 0 Å². The van der Waals surface area contributed by atoms with E-state index in [1.807, 2.05) is 0 Å². The topological polar surface area (TPSA) is 20.2 Å². The zero-order valence-corrected chi connectivity index (χ0v) is 7.56. The molecule has 0 heterocycles. The van der Waals surface area contributed by atoms with Crippen LogP contribution >= 0.6 is 0 Å². The molecule has 0 fully saturated rings. The highest BCUT2D eigenvalue weighted by Crippen LogP contribution is 2.05. The number of hydrogen-bond donors (Lipinski definition) is 1. The average Bonchev–Trinajstić information content (AvgIpc) is 2.01. The van der Waals surface area contributed by atoms with Gasteiger partial charge in [0.2, 0.25) is 0 Å². The fourth-order valence-corrected chi connectivity index (χ4v) is 0.952. The molecule has 0 saturated carbocycles. The molecule has 0 bridgehead atoms. The third kappa shape index (κ3) is 7.42. The normalized spacial score (nSPS) is 11.9. The summed E-state index contributed by atoms with van der Waals surface area (Å²) in [5.74, 6) is 5.65. The van der Waals surface area contributed by atoms with Gasteiger partial charge in [-0.3, -0.25) is 0 Å². The second-order valence-electron chi connectivity index (χ2n) is 2.78.